The lowest BCUT2D eigenvalue weighted by atomic mass is 10.1. The van der Waals surface area contributed by atoms with Crippen LogP contribution in [-0.2, 0) is 19.6 Å². The number of hydrogen-bond acceptors (Lipinski definition) is 5. The van der Waals surface area contributed by atoms with E-state index in [2.05, 4.69) is 0 Å². The SMILES string of the molecule is CC(C)(C)OC(C(=O)NS(=O)(=O)c1cccc(F)c1C#N)c1ccccc1. The monoisotopic (exact) mass is 390 g/mol. The molecule has 0 aliphatic rings. The van der Waals surface area contributed by atoms with Crippen molar-refractivity contribution in [2.24, 2.45) is 0 Å². The van der Waals surface area contributed by atoms with Crippen molar-refractivity contribution in [3.05, 3.63) is 65.5 Å². The lowest BCUT2D eigenvalue weighted by molar-refractivity contribution is -0.141. The molecule has 0 spiro atoms. The fraction of sp³-hybridized carbons (Fsp3) is 0.263. The van der Waals surface area contributed by atoms with Gasteiger partial charge < -0.3 is 4.74 Å². The second-order valence-electron chi connectivity index (χ2n) is 6.72. The van der Waals surface area contributed by atoms with Gasteiger partial charge >= 0.3 is 0 Å². The van der Waals surface area contributed by atoms with Crippen LogP contribution in [-0.4, -0.2) is 19.9 Å². The molecule has 0 radical (unpaired) electrons. The molecule has 1 atom stereocenters. The average molecular weight is 390 g/mol. The number of carbonyl (C=O) groups excluding carboxylic acids is 1. The smallest absolute Gasteiger partial charge is 0.267 e. The number of amides is 1. The van der Waals surface area contributed by atoms with Gasteiger partial charge in [0.2, 0.25) is 0 Å². The van der Waals surface area contributed by atoms with Crippen molar-refractivity contribution in [3.63, 3.8) is 0 Å². The summed E-state index contributed by atoms with van der Waals surface area (Å²) in [5, 5.41) is 9.04. The molecule has 0 aromatic heterocycles. The first-order valence-corrected chi connectivity index (χ1v) is 9.51. The zero-order valence-corrected chi connectivity index (χ0v) is 15.9. The Morgan fingerprint density at radius 2 is 1.78 bits per heavy atom. The van der Waals surface area contributed by atoms with E-state index >= 15 is 0 Å². The molecule has 1 amide bonds. The van der Waals surface area contributed by atoms with E-state index in [1.165, 1.54) is 6.07 Å². The highest BCUT2D eigenvalue weighted by atomic mass is 32.2. The topological polar surface area (TPSA) is 96.3 Å². The van der Waals surface area contributed by atoms with E-state index in [1.54, 1.807) is 51.1 Å². The van der Waals surface area contributed by atoms with Crippen LogP contribution in [0.5, 0.6) is 0 Å². The van der Waals surface area contributed by atoms with Crippen LogP contribution in [0.25, 0.3) is 0 Å². The molecule has 2 rings (SSSR count). The Balaban J connectivity index is 2.40. The fourth-order valence-electron chi connectivity index (χ4n) is 2.33. The van der Waals surface area contributed by atoms with Gasteiger partial charge in [0.1, 0.15) is 22.3 Å². The zero-order chi connectivity index (χ0) is 20.2. The van der Waals surface area contributed by atoms with Gasteiger partial charge in [0.05, 0.1) is 5.60 Å². The van der Waals surface area contributed by atoms with Crippen molar-refractivity contribution in [2.45, 2.75) is 37.4 Å². The van der Waals surface area contributed by atoms with E-state index in [0.29, 0.717) is 5.56 Å². The number of nitriles is 1. The van der Waals surface area contributed by atoms with Crippen molar-refractivity contribution < 1.29 is 22.3 Å². The van der Waals surface area contributed by atoms with E-state index in [4.69, 9.17) is 10.00 Å². The van der Waals surface area contributed by atoms with Gasteiger partial charge in [0.25, 0.3) is 15.9 Å². The van der Waals surface area contributed by atoms with Gasteiger partial charge in [0.15, 0.2) is 6.10 Å². The van der Waals surface area contributed by atoms with Crippen molar-refractivity contribution >= 4 is 15.9 Å². The minimum absolute atomic E-state index is 0.458. The maximum Gasteiger partial charge on any atom is 0.267 e. The maximum absolute atomic E-state index is 13.7. The quantitative estimate of drug-likeness (QED) is 0.846. The van der Waals surface area contributed by atoms with Gasteiger partial charge in [-0.3, -0.25) is 4.79 Å². The summed E-state index contributed by atoms with van der Waals surface area (Å²) < 4.78 is 46.5. The van der Waals surface area contributed by atoms with Gasteiger partial charge in [-0.1, -0.05) is 36.4 Å². The molecule has 0 saturated carbocycles. The van der Waals surface area contributed by atoms with Crippen molar-refractivity contribution in [2.75, 3.05) is 0 Å². The third kappa shape index (κ3) is 5.12. The first-order valence-electron chi connectivity index (χ1n) is 8.03. The van der Waals surface area contributed by atoms with E-state index in [1.807, 2.05) is 4.72 Å². The third-order valence-electron chi connectivity index (χ3n) is 3.42. The predicted molar refractivity (Wildman–Crippen MR) is 96.5 cm³/mol. The van der Waals surface area contributed by atoms with Crippen molar-refractivity contribution in [1.82, 2.24) is 4.72 Å². The number of hydrogen-bond donors (Lipinski definition) is 1. The lowest BCUT2D eigenvalue weighted by Crippen LogP contribution is -2.38. The summed E-state index contributed by atoms with van der Waals surface area (Å²) >= 11 is 0. The minimum atomic E-state index is -4.48. The molecule has 8 heteroatoms. The summed E-state index contributed by atoms with van der Waals surface area (Å²) in [5.41, 5.74) is -0.941. The number of carbonyl (C=O) groups is 1. The summed E-state index contributed by atoms with van der Waals surface area (Å²) in [6, 6.07) is 13.1. The molecule has 6 nitrogen and oxygen atoms in total. The van der Waals surface area contributed by atoms with Gasteiger partial charge in [-0.05, 0) is 38.5 Å². The van der Waals surface area contributed by atoms with Crippen molar-refractivity contribution in [3.8, 4) is 6.07 Å². The highest BCUT2D eigenvalue weighted by molar-refractivity contribution is 7.90. The Hall–Kier alpha value is -2.76. The van der Waals surface area contributed by atoms with Crippen LogP contribution in [0, 0.1) is 17.1 Å². The lowest BCUT2D eigenvalue weighted by Gasteiger charge is -2.27. The van der Waals surface area contributed by atoms with Crippen LogP contribution < -0.4 is 4.72 Å². The average Bonchev–Trinajstić information content (AvgIpc) is 2.59. The maximum atomic E-state index is 13.7. The Bertz CT molecular complexity index is 977. The molecule has 1 unspecified atom stereocenters. The first-order chi connectivity index (χ1) is 12.5. The number of rotatable bonds is 5. The molecule has 2 aromatic rings. The molecular weight excluding hydrogens is 371 g/mol. The van der Waals surface area contributed by atoms with E-state index in [-0.39, 0.29) is 0 Å². The Morgan fingerprint density at radius 3 is 2.33 bits per heavy atom. The normalized spacial score (nSPS) is 12.9. The summed E-state index contributed by atoms with van der Waals surface area (Å²) in [5.74, 6) is -1.93. The number of ether oxygens (including phenoxy) is 1. The van der Waals surface area contributed by atoms with Gasteiger partial charge in [-0.2, -0.15) is 5.26 Å². The second-order valence-corrected chi connectivity index (χ2v) is 8.37. The molecule has 0 aliphatic heterocycles. The number of nitrogens with one attached hydrogen (secondary N) is 1. The summed E-state index contributed by atoms with van der Waals surface area (Å²) in [6.07, 6.45) is -1.21. The number of sulfonamides is 1. The molecule has 0 heterocycles. The van der Waals surface area contributed by atoms with E-state index in [0.717, 1.165) is 18.2 Å². The largest absolute Gasteiger partial charge is 0.358 e. The summed E-state index contributed by atoms with van der Waals surface area (Å²) in [7, 11) is -4.48. The van der Waals surface area contributed by atoms with Crippen LogP contribution in [0.2, 0.25) is 0 Å². The highest BCUT2D eigenvalue weighted by Crippen LogP contribution is 2.25. The van der Waals surface area contributed by atoms with E-state index in [9.17, 15) is 17.6 Å². The van der Waals surface area contributed by atoms with Gasteiger partial charge in [-0.25, -0.2) is 17.5 Å². The summed E-state index contributed by atoms with van der Waals surface area (Å²) in [6.45, 7) is 5.18. The Kier molecular flexibility index (Phi) is 5.98. The van der Waals surface area contributed by atoms with Crippen LogP contribution in [0.3, 0.4) is 0 Å². The van der Waals surface area contributed by atoms with Gasteiger partial charge in [-0.15, -0.1) is 0 Å². The zero-order valence-electron chi connectivity index (χ0n) is 15.1. The number of halogens is 1. The molecule has 0 fully saturated rings. The molecule has 27 heavy (non-hydrogen) atoms. The van der Waals surface area contributed by atoms with Crippen molar-refractivity contribution in [1.29, 1.82) is 5.26 Å². The Labute approximate surface area is 157 Å². The molecule has 0 bridgehead atoms. The summed E-state index contributed by atoms with van der Waals surface area (Å²) in [4.78, 5) is 12.1. The first kappa shape index (κ1) is 20.6. The molecule has 142 valence electrons. The predicted octanol–water partition coefficient (Wildman–Crippen LogP) is 3.06. The highest BCUT2D eigenvalue weighted by Gasteiger charge is 2.31. The standard InChI is InChI=1S/C19H19FN2O4S/c1-19(2,3)26-17(13-8-5-4-6-9-13)18(23)22-27(24,25)16-11-7-10-15(20)14(16)12-21/h4-11,17H,1-3H3,(H,22,23). The van der Waals surface area contributed by atoms with Crippen LogP contribution in [0.1, 0.15) is 38.0 Å². The number of benzene rings is 2. The molecular formula is C19H19FN2O4S. The van der Waals surface area contributed by atoms with Gasteiger partial charge in [0, 0.05) is 0 Å². The molecule has 1 N–H and O–H groups in total. The van der Waals surface area contributed by atoms with E-state index < -0.39 is 43.9 Å². The molecule has 0 saturated heterocycles. The Morgan fingerprint density at radius 1 is 1.15 bits per heavy atom. The number of nitrogens with zero attached hydrogens (tertiary/aromatic N) is 1. The molecule has 0 aliphatic carbocycles. The van der Waals surface area contributed by atoms with Crippen LogP contribution in [0.15, 0.2) is 53.4 Å². The molecule has 2 aromatic carbocycles. The van der Waals surface area contributed by atoms with Crippen LogP contribution >= 0.6 is 0 Å². The van der Waals surface area contributed by atoms with Crippen LogP contribution in [0.4, 0.5) is 4.39 Å². The second kappa shape index (κ2) is 7.86. The fourth-order valence-corrected chi connectivity index (χ4v) is 3.48. The third-order valence-corrected chi connectivity index (χ3v) is 4.81. The minimum Gasteiger partial charge on any atom is -0.358 e.